The van der Waals surface area contributed by atoms with E-state index in [9.17, 15) is 22.8 Å². The monoisotopic (exact) mass is 511 g/mol. The highest BCUT2D eigenvalue weighted by atomic mass is 35.5. The molecule has 0 unspecified atom stereocenters. The van der Waals surface area contributed by atoms with Gasteiger partial charge in [0.1, 0.15) is 5.75 Å². The molecule has 1 fully saturated rings. The fraction of sp³-hybridized carbons (Fsp3) is 0.333. The molecular formula is C24H21ClF3NO4S. The van der Waals surface area contributed by atoms with E-state index in [2.05, 4.69) is 10.1 Å². The van der Waals surface area contributed by atoms with E-state index in [0.29, 0.717) is 29.5 Å². The Balaban J connectivity index is 1.91. The van der Waals surface area contributed by atoms with Crippen LogP contribution in [0.5, 0.6) is 5.75 Å². The molecule has 5 nitrogen and oxygen atoms in total. The molecule has 2 heterocycles. The minimum atomic E-state index is -4.92. The Hall–Kier alpha value is -2.49. The van der Waals surface area contributed by atoms with Crippen molar-refractivity contribution in [2.24, 2.45) is 0 Å². The number of alkyl halides is 3. The average Bonchev–Trinajstić information content (AvgIpc) is 3.02. The van der Waals surface area contributed by atoms with Crippen molar-refractivity contribution in [1.82, 2.24) is 5.32 Å². The van der Waals surface area contributed by atoms with Gasteiger partial charge in [-0.2, -0.15) is 0 Å². The molecule has 2 aliphatic heterocycles. The number of halogens is 4. The van der Waals surface area contributed by atoms with E-state index in [-0.39, 0.29) is 15.5 Å². The van der Waals surface area contributed by atoms with Crippen molar-refractivity contribution >= 4 is 40.6 Å². The summed E-state index contributed by atoms with van der Waals surface area (Å²) in [5, 5.41) is 1.86. The molecule has 0 saturated carbocycles. The van der Waals surface area contributed by atoms with E-state index < -0.39 is 34.3 Å². The highest BCUT2D eigenvalue weighted by Crippen LogP contribution is 2.47. The van der Waals surface area contributed by atoms with Crippen LogP contribution in [0.3, 0.4) is 0 Å². The maximum atomic E-state index is 13.2. The lowest BCUT2D eigenvalue weighted by Gasteiger charge is -2.42. The third-order valence-corrected chi connectivity index (χ3v) is 6.86. The summed E-state index contributed by atoms with van der Waals surface area (Å²) in [4.78, 5) is 23.5. The van der Waals surface area contributed by atoms with Gasteiger partial charge in [-0.05, 0) is 72.6 Å². The Morgan fingerprint density at radius 2 is 1.79 bits per heavy atom. The fourth-order valence-corrected chi connectivity index (χ4v) is 4.94. The molecule has 0 aromatic heterocycles. The highest BCUT2D eigenvalue weighted by Gasteiger charge is 2.39. The van der Waals surface area contributed by atoms with Crippen molar-refractivity contribution in [3.8, 4) is 16.9 Å². The second-order valence-corrected chi connectivity index (χ2v) is 10.6. The number of carbonyl (C=O) groups is 2. The maximum Gasteiger partial charge on any atom is 0.573 e. The third kappa shape index (κ3) is 4.82. The molecule has 0 atom stereocenters. The van der Waals surface area contributed by atoms with Crippen LogP contribution in [-0.4, -0.2) is 24.1 Å². The van der Waals surface area contributed by atoms with E-state index in [1.807, 2.05) is 27.7 Å². The van der Waals surface area contributed by atoms with Crippen LogP contribution >= 0.6 is 23.4 Å². The Labute approximate surface area is 203 Å². The summed E-state index contributed by atoms with van der Waals surface area (Å²) < 4.78 is 49.8. The SMILES string of the molecule is CC1(C)COC(C)(C)c2cc(Cl)c(-c3cc(/C=C4/SC(=O)NC4=O)ccc3OC(F)(F)F)cc21. The molecule has 1 saturated heterocycles. The van der Waals surface area contributed by atoms with Gasteiger partial charge in [0, 0.05) is 21.6 Å². The molecule has 2 aromatic carbocycles. The molecule has 180 valence electrons. The predicted molar refractivity (Wildman–Crippen MR) is 125 cm³/mol. The van der Waals surface area contributed by atoms with Crippen LogP contribution in [0.1, 0.15) is 44.4 Å². The number of fused-ring (bicyclic) bond motifs is 1. The van der Waals surface area contributed by atoms with Gasteiger partial charge in [0.2, 0.25) is 0 Å². The minimum absolute atomic E-state index is 0.106. The first-order valence-electron chi connectivity index (χ1n) is 10.3. The number of amides is 2. The van der Waals surface area contributed by atoms with E-state index in [0.717, 1.165) is 11.1 Å². The summed E-state index contributed by atoms with van der Waals surface area (Å²) in [5.41, 5.74) is 1.60. The number of imide groups is 1. The normalized spacial score (nSPS) is 20.3. The van der Waals surface area contributed by atoms with Gasteiger partial charge < -0.3 is 9.47 Å². The molecule has 2 aromatic rings. The molecule has 4 rings (SSSR count). The van der Waals surface area contributed by atoms with Crippen LogP contribution in [0.4, 0.5) is 18.0 Å². The van der Waals surface area contributed by atoms with Crippen LogP contribution in [0.25, 0.3) is 17.2 Å². The largest absolute Gasteiger partial charge is 0.573 e. The first-order chi connectivity index (χ1) is 15.7. The van der Waals surface area contributed by atoms with Crippen molar-refractivity contribution in [2.75, 3.05) is 6.61 Å². The average molecular weight is 512 g/mol. The number of thioether (sulfide) groups is 1. The summed E-state index contributed by atoms with van der Waals surface area (Å²) in [6.07, 6.45) is -3.49. The van der Waals surface area contributed by atoms with Gasteiger partial charge in [-0.25, -0.2) is 0 Å². The summed E-state index contributed by atoms with van der Waals surface area (Å²) in [7, 11) is 0. The van der Waals surface area contributed by atoms with Crippen molar-refractivity contribution < 1.29 is 32.2 Å². The number of carbonyl (C=O) groups excluding carboxylic acids is 2. The number of hydrogen-bond acceptors (Lipinski definition) is 5. The standard InChI is InChI=1S/C24H21ClF3NO4S/c1-22(2)11-32-23(3,4)16-10-17(25)13(9-15(16)22)14-7-12(5-6-18(14)33-24(26,27)28)8-19-20(30)29-21(31)34-19/h5-10H,11H2,1-4H3,(H,29,30,31)/b19-8+. The van der Waals surface area contributed by atoms with E-state index in [1.54, 1.807) is 12.1 Å². The van der Waals surface area contributed by atoms with Crippen molar-refractivity contribution in [3.63, 3.8) is 0 Å². The number of ether oxygens (including phenoxy) is 2. The Bertz CT molecular complexity index is 1240. The first kappa shape index (κ1) is 24.6. The van der Waals surface area contributed by atoms with Gasteiger partial charge in [-0.15, -0.1) is 13.2 Å². The van der Waals surface area contributed by atoms with Gasteiger partial charge in [-0.1, -0.05) is 31.5 Å². The second-order valence-electron chi connectivity index (χ2n) is 9.22. The summed E-state index contributed by atoms with van der Waals surface area (Å²) in [5.74, 6) is -0.997. The van der Waals surface area contributed by atoms with Crippen LogP contribution in [0.15, 0.2) is 35.2 Å². The van der Waals surface area contributed by atoms with E-state index >= 15 is 0 Å². The molecule has 0 aliphatic carbocycles. The smallest absolute Gasteiger partial charge is 0.405 e. The predicted octanol–water partition coefficient (Wildman–Crippen LogP) is 6.77. The summed E-state index contributed by atoms with van der Waals surface area (Å²) in [6, 6.07) is 7.49. The maximum absolute atomic E-state index is 13.2. The number of rotatable bonds is 3. The Morgan fingerprint density at radius 1 is 1.09 bits per heavy atom. The molecule has 0 bridgehead atoms. The van der Waals surface area contributed by atoms with Crippen molar-refractivity contribution in [3.05, 3.63) is 56.9 Å². The Kier molecular flexibility index (Phi) is 6.03. The van der Waals surface area contributed by atoms with Crippen molar-refractivity contribution in [2.45, 2.75) is 45.1 Å². The molecule has 10 heteroatoms. The van der Waals surface area contributed by atoms with Gasteiger partial charge in [0.25, 0.3) is 11.1 Å². The third-order valence-electron chi connectivity index (χ3n) is 5.74. The van der Waals surface area contributed by atoms with Crippen molar-refractivity contribution in [1.29, 1.82) is 0 Å². The lowest BCUT2D eigenvalue weighted by Crippen LogP contribution is -2.39. The lowest BCUT2D eigenvalue weighted by molar-refractivity contribution is -0.274. The molecule has 34 heavy (non-hydrogen) atoms. The van der Waals surface area contributed by atoms with Crippen LogP contribution in [0, 0.1) is 0 Å². The van der Waals surface area contributed by atoms with E-state index in [4.69, 9.17) is 16.3 Å². The summed E-state index contributed by atoms with van der Waals surface area (Å²) in [6.45, 7) is 8.22. The molecule has 2 aliphatic rings. The zero-order chi connectivity index (χ0) is 25.1. The molecule has 0 spiro atoms. The lowest BCUT2D eigenvalue weighted by atomic mass is 9.74. The number of nitrogens with one attached hydrogen (secondary N) is 1. The number of hydrogen-bond donors (Lipinski definition) is 1. The van der Waals surface area contributed by atoms with Crippen LogP contribution in [0.2, 0.25) is 5.02 Å². The zero-order valence-electron chi connectivity index (χ0n) is 18.7. The summed E-state index contributed by atoms with van der Waals surface area (Å²) >= 11 is 7.32. The zero-order valence-corrected chi connectivity index (χ0v) is 20.3. The molecular weight excluding hydrogens is 491 g/mol. The van der Waals surface area contributed by atoms with Crippen LogP contribution in [-0.2, 0) is 20.5 Å². The quantitative estimate of drug-likeness (QED) is 0.460. The fourth-order valence-electron chi connectivity index (χ4n) is 3.99. The molecule has 2 amide bonds. The Morgan fingerprint density at radius 3 is 2.41 bits per heavy atom. The van der Waals surface area contributed by atoms with Gasteiger partial charge in [-0.3, -0.25) is 14.9 Å². The molecule has 0 radical (unpaired) electrons. The van der Waals surface area contributed by atoms with Gasteiger partial charge >= 0.3 is 6.36 Å². The first-order valence-corrected chi connectivity index (χ1v) is 11.5. The molecule has 1 N–H and O–H groups in total. The highest BCUT2D eigenvalue weighted by molar-refractivity contribution is 8.18. The topological polar surface area (TPSA) is 64.6 Å². The van der Waals surface area contributed by atoms with E-state index in [1.165, 1.54) is 24.3 Å². The number of benzene rings is 2. The van der Waals surface area contributed by atoms with Gasteiger partial charge in [0.05, 0.1) is 17.1 Å². The second kappa shape index (κ2) is 8.32. The van der Waals surface area contributed by atoms with Gasteiger partial charge in [0.15, 0.2) is 0 Å². The van der Waals surface area contributed by atoms with Crippen LogP contribution < -0.4 is 10.1 Å². The minimum Gasteiger partial charge on any atom is -0.405 e.